The molecule has 2 rings (SSSR count). The van der Waals surface area contributed by atoms with Crippen molar-refractivity contribution in [3.05, 3.63) is 36.2 Å². The maximum Gasteiger partial charge on any atom is 0.313 e. The van der Waals surface area contributed by atoms with Crippen molar-refractivity contribution in [2.45, 2.75) is 13.0 Å². The van der Waals surface area contributed by atoms with Crippen molar-refractivity contribution in [2.75, 3.05) is 19.1 Å². The molecular formula is C13H15N5O3. The Morgan fingerprint density at radius 2 is 2.00 bits per heavy atom. The van der Waals surface area contributed by atoms with Crippen LogP contribution in [0.15, 0.2) is 30.3 Å². The van der Waals surface area contributed by atoms with Gasteiger partial charge in [0.1, 0.15) is 13.0 Å². The topological polar surface area (TPSA) is 90.2 Å². The zero-order chi connectivity index (χ0) is 15.2. The smallest absolute Gasteiger partial charge is 0.313 e. The van der Waals surface area contributed by atoms with Crippen LogP contribution in [0.25, 0.3) is 0 Å². The summed E-state index contributed by atoms with van der Waals surface area (Å²) in [7, 11) is 2.95. The van der Waals surface area contributed by atoms with Gasteiger partial charge in [0.2, 0.25) is 5.91 Å². The van der Waals surface area contributed by atoms with E-state index < -0.39 is 5.97 Å². The first-order valence-corrected chi connectivity index (χ1v) is 6.25. The van der Waals surface area contributed by atoms with Gasteiger partial charge in [0, 0.05) is 12.7 Å². The monoisotopic (exact) mass is 289 g/mol. The van der Waals surface area contributed by atoms with E-state index in [2.05, 4.69) is 20.1 Å². The van der Waals surface area contributed by atoms with Gasteiger partial charge in [-0.05, 0) is 17.3 Å². The zero-order valence-electron chi connectivity index (χ0n) is 11.8. The lowest BCUT2D eigenvalue weighted by molar-refractivity contribution is -0.139. The van der Waals surface area contributed by atoms with Crippen molar-refractivity contribution in [1.29, 1.82) is 0 Å². The van der Waals surface area contributed by atoms with Gasteiger partial charge in [-0.2, -0.15) is 4.80 Å². The maximum absolute atomic E-state index is 12.1. The van der Waals surface area contributed by atoms with Crippen molar-refractivity contribution in [2.24, 2.45) is 0 Å². The predicted octanol–water partition coefficient (Wildman–Crippen LogP) is 0.0516. The molecule has 110 valence electrons. The molecule has 0 aliphatic carbocycles. The summed E-state index contributed by atoms with van der Waals surface area (Å²) in [4.78, 5) is 25.9. The highest BCUT2D eigenvalue weighted by atomic mass is 16.5. The highest BCUT2D eigenvalue weighted by Gasteiger charge is 2.14. The molecule has 2 aromatic rings. The van der Waals surface area contributed by atoms with Gasteiger partial charge < -0.3 is 9.64 Å². The average Bonchev–Trinajstić information content (AvgIpc) is 2.94. The summed E-state index contributed by atoms with van der Waals surface area (Å²) in [6.45, 7) is -0.0560. The number of likely N-dealkylation sites (N-methyl/N-ethyl adjacent to an activating group) is 1. The molecule has 1 aromatic heterocycles. The van der Waals surface area contributed by atoms with E-state index in [0.717, 1.165) is 10.5 Å². The van der Waals surface area contributed by atoms with E-state index in [9.17, 15) is 9.59 Å². The Kier molecular flexibility index (Phi) is 4.60. The van der Waals surface area contributed by atoms with Crippen LogP contribution in [-0.2, 0) is 27.3 Å². The lowest BCUT2D eigenvalue weighted by Gasteiger charge is -2.16. The molecular weight excluding hydrogens is 274 g/mol. The number of hydrogen-bond acceptors (Lipinski definition) is 6. The Labute approximate surface area is 121 Å². The number of amides is 1. The Balaban J connectivity index is 1.98. The molecule has 8 heteroatoms. The van der Waals surface area contributed by atoms with Crippen LogP contribution in [0.1, 0.15) is 5.82 Å². The van der Waals surface area contributed by atoms with Gasteiger partial charge in [0.25, 0.3) is 0 Å². The van der Waals surface area contributed by atoms with E-state index in [1.807, 2.05) is 30.3 Å². The van der Waals surface area contributed by atoms with Crippen LogP contribution < -0.4 is 4.90 Å². The Hall–Kier alpha value is -2.77. The number of carbonyl (C=O) groups excluding carboxylic acids is 2. The predicted molar refractivity (Wildman–Crippen MR) is 73.4 cm³/mol. The molecule has 0 bridgehead atoms. The molecule has 0 radical (unpaired) electrons. The third-order valence-electron chi connectivity index (χ3n) is 2.82. The summed E-state index contributed by atoms with van der Waals surface area (Å²) in [5, 5.41) is 11.4. The van der Waals surface area contributed by atoms with Crippen LogP contribution in [0.5, 0.6) is 0 Å². The van der Waals surface area contributed by atoms with Crippen molar-refractivity contribution < 1.29 is 14.3 Å². The van der Waals surface area contributed by atoms with Crippen molar-refractivity contribution in [3.63, 3.8) is 0 Å². The molecule has 8 nitrogen and oxygen atoms in total. The largest absolute Gasteiger partial charge is 0.469 e. The number of rotatable bonds is 5. The number of benzene rings is 1. The fraction of sp³-hybridized carbons (Fsp3) is 0.308. The number of esters is 1. The molecule has 0 aliphatic heterocycles. The highest BCUT2D eigenvalue weighted by Crippen LogP contribution is 2.11. The maximum atomic E-state index is 12.1. The minimum absolute atomic E-state index is 0.0560. The summed E-state index contributed by atoms with van der Waals surface area (Å²) in [5.74, 6) is -0.428. The number of tetrazole rings is 1. The van der Waals surface area contributed by atoms with E-state index in [1.54, 1.807) is 7.05 Å². The standard InChI is InChI=1S/C13H15N5O3/c1-17(10-6-4-3-5-7-10)12(19)9-18-15-11(14-16-18)8-13(20)21-2/h3-7H,8-9H2,1-2H3. The minimum Gasteiger partial charge on any atom is -0.469 e. The summed E-state index contributed by atoms with van der Waals surface area (Å²) in [5.41, 5.74) is 0.775. The zero-order valence-corrected chi connectivity index (χ0v) is 11.8. The van der Waals surface area contributed by atoms with E-state index in [-0.39, 0.29) is 24.7 Å². The van der Waals surface area contributed by atoms with Gasteiger partial charge >= 0.3 is 5.97 Å². The van der Waals surface area contributed by atoms with Gasteiger partial charge in [-0.15, -0.1) is 10.2 Å². The average molecular weight is 289 g/mol. The van der Waals surface area contributed by atoms with Gasteiger partial charge in [-0.25, -0.2) is 0 Å². The second-order valence-electron chi connectivity index (χ2n) is 4.28. The number of anilines is 1. The normalized spacial score (nSPS) is 10.2. The minimum atomic E-state index is -0.456. The molecule has 21 heavy (non-hydrogen) atoms. The van der Waals surface area contributed by atoms with Crippen LogP contribution in [0.2, 0.25) is 0 Å². The fourth-order valence-corrected chi connectivity index (χ4v) is 1.64. The van der Waals surface area contributed by atoms with Gasteiger partial charge in [0.15, 0.2) is 5.82 Å². The number of ether oxygens (including phenoxy) is 1. The molecule has 0 spiro atoms. The van der Waals surface area contributed by atoms with Crippen LogP contribution in [-0.4, -0.2) is 46.2 Å². The molecule has 0 aliphatic rings. The Morgan fingerprint density at radius 3 is 2.67 bits per heavy atom. The first-order chi connectivity index (χ1) is 10.1. The van der Waals surface area contributed by atoms with E-state index in [0.29, 0.717) is 0 Å². The van der Waals surface area contributed by atoms with Gasteiger partial charge in [0.05, 0.1) is 7.11 Å². The first kappa shape index (κ1) is 14.6. The van der Waals surface area contributed by atoms with E-state index in [1.165, 1.54) is 12.0 Å². The molecule has 0 saturated heterocycles. The van der Waals surface area contributed by atoms with Crippen molar-refractivity contribution in [1.82, 2.24) is 20.2 Å². The molecule has 0 unspecified atom stereocenters. The SMILES string of the molecule is COC(=O)Cc1nnn(CC(=O)N(C)c2ccccc2)n1. The van der Waals surface area contributed by atoms with Gasteiger partial charge in [-0.3, -0.25) is 9.59 Å². The molecule has 0 saturated carbocycles. The molecule has 0 N–H and O–H groups in total. The molecule has 1 amide bonds. The molecule has 0 fully saturated rings. The quantitative estimate of drug-likeness (QED) is 0.722. The number of para-hydroxylation sites is 1. The van der Waals surface area contributed by atoms with Crippen molar-refractivity contribution >= 4 is 17.6 Å². The first-order valence-electron chi connectivity index (χ1n) is 6.25. The number of carbonyl (C=O) groups is 2. The fourth-order valence-electron chi connectivity index (χ4n) is 1.64. The summed E-state index contributed by atoms with van der Waals surface area (Å²) >= 11 is 0. The molecule has 1 heterocycles. The molecule has 0 atom stereocenters. The van der Waals surface area contributed by atoms with Crippen LogP contribution in [0.3, 0.4) is 0 Å². The van der Waals surface area contributed by atoms with Crippen molar-refractivity contribution in [3.8, 4) is 0 Å². The Bertz CT molecular complexity index is 626. The Morgan fingerprint density at radius 1 is 1.29 bits per heavy atom. The van der Waals surface area contributed by atoms with Crippen LogP contribution in [0, 0.1) is 0 Å². The number of aromatic nitrogens is 4. The second kappa shape index (κ2) is 6.60. The third kappa shape index (κ3) is 3.85. The number of hydrogen-bond donors (Lipinski definition) is 0. The summed E-state index contributed by atoms with van der Waals surface area (Å²) < 4.78 is 4.51. The number of methoxy groups -OCH3 is 1. The second-order valence-corrected chi connectivity index (χ2v) is 4.28. The third-order valence-corrected chi connectivity index (χ3v) is 2.82. The van der Waals surface area contributed by atoms with Gasteiger partial charge in [-0.1, -0.05) is 18.2 Å². The van der Waals surface area contributed by atoms with Crippen LogP contribution >= 0.6 is 0 Å². The summed E-state index contributed by atoms with van der Waals surface area (Å²) in [6.07, 6.45) is -0.0702. The lowest BCUT2D eigenvalue weighted by Crippen LogP contribution is -2.30. The van der Waals surface area contributed by atoms with Crippen LogP contribution in [0.4, 0.5) is 5.69 Å². The summed E-state index contributed by atoms with van der Waals surface area (Å²) in [6, 6.07) is 9.23. The number of nitrogens with zero attached hydrogens (tertiary/aromatic N) is 5. The molecule has 1 aromatic carbocycles. The lowest BCUT2D eigenvalue weighted by atomic mass is 10.3. The highest BCUT2D eigenvalue weighted by molar-refractivity contribution is 5.92. The van der Waals surface area contributed by atoms with E-state index >= 15 is 0 Å². The van der Waals surface area contributed by atoms with E-state index in [4.69, 9.17) is 0 Å².